The van der Waals surface area contributed by atoms with Crippen LogP contribution in [0.5, 0.6) is 5.75 Å². The van der Waals surface area contributed by atoms with Crippen LogP contribution in [-0.4, -0.2) is 47.8 Å². The van der Waals surface area contributed by atoms with Crippen molar-refractivity contribution in [2.24, 2.45) is 0 Å². The predicted octanol–water partition coefficient (Wildman–Crippen LogP) is -0.0336. The minimum absolute atomic E-state index is 0. The van der Waals surface area contributed by atoms with Crippen molar-refractivity contribution in [2.45, 2.75) is 0 Å². The molecule has 0 saturated carbocycles. The van der Waals surface area contributed by atoms with Gasteiger partial charge in [0.05, 0.1) is 16.7 Å². The Morgan fingerprint density at radius 2 is 2.08 bits per heavy atom. The minimum atomic E-state index is -0.598. The van der Waals surface area contributed by atoms with E-state index in [1.807, 2.05) is 0 Å². The standard InChI is InChI=1S/C6H6N2O3.Ca.2H/c7-5-2-1-4(8(10)11)3-6(5)9;;;/h1-3,9H,7H2;;;. The Hall–Kier alpha value is -0.520. The Morgan fingerprint density at radius 3 is 2.50 bits per heavy atom. The van der Waals surface area contributed by atoms with Crippen molar-refractivity contribution in [3.8, 4) is 5.75 Å². The maximum atomic E-state index is 10.1. The number of rotatable bonds is 1. The van der Waals surface area contributed by atoms with Gasteiger partial charge in [0, 0.05) is 6.07 Å². The molecule has 0 radical (unpaired) electrons. The number of hydrogen-bond acceptors (Lipinski definition) is 4. The predicted molar refractivity (Wildman–Crippen MR) is 47.7 cm³/mol. The first-order valence-electron chi connectivity index (χ1n) is 2.84. The van der Waals surface area contributed by atoms with Crippen LogP contribution in [0, 0.1) is 10.1 Å². The van der Waals surface area contributed by atoms with Gasteiger partial charge in [-0.25, -0.2) is 0 Å². The number of nitro benzene ring substituents is 1. The number of nitrogen functional groups attached to an aromatic ring is 1. The topological polar surface area (TPSA) is 89.4 Å². The third kappa shape index (κ3) is 2.51. The second-order valence-corrected chi connectivity index (χ2v) is 2.00. The van der Waals surface area contributed by atoms with E-state index in [2.05, 4.69) is 0 Å². The molecule has 12 heavy (non-hydrogen) atoms. The van der Waals surface area contributed by atoms with E-state index < -0.39 is 4.92 Å². The molecular formula is C6H8CaN2O3. The van der Waals surface area contributed by atoms with Crippen LogP contribution in [0.4, 0.5) is 11.4 Å². The molecule has 1 aromatic carbocycles. The van der Waals surface area contributed by atoms with Crippen LogP contribution in [0.2, 0.25) is 0 Å². The zero-order valence-electron chi connectivity index (χ0n) is 5.52. The van der Waals surface area contributed by atoms with Gasteiger partial charge in [0.15, 0.2) is 0 Å². The summed E-state index contributed by atoms with van der Waals surface area (Å²) in [4.78, 5) is 9.52. The van der Waals surface area contributed by atoms with Gasteiger partial charge in [0.1, 0.15) is 5.75 Å². The third-order valence-electron chi connectivity index (χ3n) is 1.22. The molecule has 0 saturated heterocycles. The van der Waals surface area contributed by atoms with Crippen LogP contribution < -0.4 is 5.73 Å². The van der Waals surface area contributed by atoms with E-state index in [4.69, 9.17) is 10.8 Å². The molecule has 0 bridgehead atoms. The van der Waals surface area contributed by atoms with Gasteiger partial charge >= 0.3 is 37.7 Å². The Labute approximate surface area is 98.3 Å². The Bertz CT molecular complexity index is 303. The molecule has 5 nitrogen and oxygen atoms in total. The molecule has 0 atom stereocenters. The van der Waals surface area contributed by atoms with Gasteiger partial charge in [-0.3, -0.25) is 10.1 Å². The van der Waals surface area contributed by atoms with Gasteiger partial charge in [0.25, 0.3) is 5.69 Å². The molecule has 0 spiro atoms. The summed E-state index contributed by atoms with van der Waals surface area (Å²) >= 11 is 0. The molecule has 62 valence electrons. The van der Waals surface area contributed by atoms with Crippen molar-refractivity contribution in [3.63, 3.8) is 0 Å². The second-order valence-electron chi connectivity index (χ2n) is 2.00. The molecule has 0 aromatic heterocycles. The summed E-state index contributed by atoms with van der Waals surface area (Å²) in [5, 5.41) is 19.0. The quantitative estimate of drug-likeness (QED) is 0.217. The number of aromatic hydroxyl groups is 1. The monoisotopic (exact) mass is 196 g/mol. The normalized spacial score (nSPS) is 8.67. The van der Waals surface area contributed by atoms with Crippen molar-refractivity contribution >= 4 is 49.1 Å². The van der Waals surface area contributed by atoms with Crippen LogP contribution >= 0.6 is 0 Å². The van der Waals surface area contributed by atoms with Gasteiger partial charge in [-0.05, 0) is 6.07 Å². The first-order valence-corrected chi connectivity index (χ1v) is 2.84. The molecule has 0 aliphatic carbocycles. The van der Waals surface area contributed by atoms with Gasteiger partial charge in [0.2, 0.25) is 0 Å². The molecule has 0 aliphatic rings. The van der Waals surface area contributed by atoms with Crippen LogP contribution in [-0.2, 0) is 0 Å². The molecule has 1 aromatic rings. The van der Waals surface area contributed by atoms with Crippen LogP contribution in [0.15, 0.2) is 18.2 Å². The van der Waals surface area contributed by atoms with E-state index >= 15 is 0 Å². The van der Waals surface area contributed by atoms with Crippen LogP contribution in [0.1, 0.15) is 0 Å². The number of nitrogens with two attached hydrogens (primary N) is 1. The number of anilines is 1. The molecule has 1 rings (SSSR count). The molecule has 6 heteroatoms. The third-order valence-corrected chi connectivity index (χ3v) is 1.22. The first-order chi connectivity index (χ1) is 5.11. The fraction of sp³-hybridized carbons (Fsp3) is 0. The van der Waals surface area contributed by atoms with Crippen molar-refractivity contribution in [1.29, 1.82) is 0 Å². The van der Waals surface area contributed by atoms with E-state index in [0.29, 0.717) is 0 Å². The SMILES string of the molecule is Nc1ccc([N+](=O)[O-])cc1O.[CaH2]. The fourth-order valence-corrected chi connectivity index (χ4v) is 0.646. The van der Waals surface area contributed by atoms with E-state index in [1.165, 1.54) is 12.1 Å². The number of non-ortho nitro benzene ring substituents is 1. The van der Waals surface area contributed by atoms with Crippen LogP contribution in [0.3, 0.4) is 0 Å². The molecule has 3 N–H and O–H groups in total. The average Bonchev–Trinajstić information content (AvgIpc) is 1.94. The number of phenols is 1. The first kappa shape index (κ1) is 11.5. The molecule has 0 fully saturated rings. The van der Waals surface area contributed by atoms with Gasteiger partial charge in [-0.2, -0.15) is 0 Å². The molecule has 0 amide bonds. The maximum absolute atomic E-state index is 10.1. The fourth-order valence-electron chi connectivity index (χ4n) is 0.646. The van der Waals surface area contributed by atoms with Crippen molar-refractivity contribution in [2.75, 3.05) is 5.73 Å². The summed E-state index contributed by atoms with van der Waals surface area (Å²) in [5.74, 6) is -0.265. The average molecular weight is 196 g/mol. The zero-order valence-corrected chi connectivity index (χ0v) is 5.52. The molecule has 0 aliphatic heterocycles. The Balaban J connectivity index is 0.00000121. The summed E-state index contributed by atoms with van der Waals surface area (Å²) in [5.41, 5.74) is 5.18. The Morgan fingerprint density at radius 1 is 1.50 bits per heavy atom. The summed E-state index contributed by atoms with van der Waals surface area (Å²) < 4.78 is 0. The Kier molecular flexibility index (Phi) is 4.30. The van der Waals surface area contributed by atoms with Crippen molar-refractivity contribution in [1.82, 2.24) is 0 Å². The molecule has 0 unspecified atom stereocenters. The molecular weight excluding hydrogens is 188 g/mol. The van der Waals surface area contributed by atoms with E-state index in [1.54, 1.807) is 0 Å². The van der Waals surface area contributed by atoms with Crippen molar-refractivity contribution in [3.05, 3.63) is 28.3 Å². The second kappa shape index (κ2) is 4.49. The van der Waals surface area contributed by atoms with E-state index in [9.17, 15) is 10.1 Å². The number of benzene rings is 1. The van der Waals surface area contributed by atoms with E-state index in [0.717, 1.165) is 6.07 Å². The zero-order chi connectivity index (χ0) is 8.43. The van der Waals surface area contributed by atoms with Gasteiger partial charge in [-0.15, -0.1) is 0 Å². The number of phenolic OH excluding ortho intramolecular Hbond substituents is 1. The van der Waals surface area contributed by atoms with Crippen LogP contribution in [0.25, 0.3) is 0 Å². The molecule has 0 heterocycles. The van der Waals surface area contributed by atoms with Gasteiger partial charge in [-0.1, -0.05) is 0 Å². The summed E-state index contributed by atoms with van der Waals surface area (Å²) in [7, 11) is 0. The summed E-state index contributed by atoms with van der Waals surface area (Å²) in [6.45, 7) is 0. The summed E-state index contributed by atoms with van der Waals surface area (Å²) in [6, 6.07) is 3.53. The van der Waals surface area contributed by atoms with Crippen molar-refractivity contribution < 1.29 is 10.0 Å². The number of nitrogens with zero attached hydrogens (tertiary/aromatic N) is 1. The summed E-state index contributed by atoms with van der Waals surface area (Å²) in [6.07, 6.45) is 0. The number of nitro groups is 1. The van der Waals surface area contributed by atoms with E-state index in [-0.39, 0.29) is 54.9 Å². The number of hydrogen-bond donors (Lipinski definition) is 2. The van der Waals surface area contributed by atoms with Gasteiger partial charge < -0.3 is 10.8 Å².